The molecule has 1 atom stereocenters. The minimum Gasteiger partial charge on any atom is -0.455 e. The first-order valence-corrected chi connectivity index (χ1v) is 24.8. The molecule has 0 fully saturated rings. The maximum Gasteiger partial charge on any atom is 0.364 e. The van der Waals surface area contributed by atoms with Gasteiger partial charge in [0.2, 0.25) is 5.69 Å². The Morgan fingerprint density at radius 3 is 2.10 bits per heavy atom. The largest absolute Gasteiger partial charge is 0.455 e. The first-order valence-electron chi connectivity index (χ1n) is 21.3. The molecule has 9 aromatic rings. The van der Waals surface area contributed by atoms with Gasteiger partial charge in [0.15, 0.2) is 22.8 Å². The highest BCUT2D eigenvalue weighted by atomic mass is 28.3. The number of fused-ring (bicyclic) bond motifs is 16. The highest BCUT2D eigenvalue weighted by Gasteiger charge is 2.67. The third-order valence-corrected chi connectivity index (χ3v) is 15.4. The maximum absolute atomic E-state index is 7.12. The zero-order valence-electron chi connectivity index (χ0n) is 35.6. The Labute approximate surface area is 348 Å². The van der Waals surface area contributed by atoms with Gasteiger partial charge in [-0.1, -0.05) is 114 Å². The van der Waals surface area contributed by atoms with E-state index in [-0.39, 0.29) is 0 Å². The lowest BCUT2D eigenvalue weighted by Gasteiger charge is -2.25. The first-order chi connectivity index (χ1) is 28.4. The molecule has 0 radical (unpaired) electrons. The highest BCUT2D eigenvalue weighted by molar-refractivity contribution is 6.89. The summed E-state index contributed by atoms with van der Waals surface area (Å²) in [5.74, 6) is 1.92. The molecule has 2 aliphatic rings. The van der Waals surface area contributed by atoms with Crippen LogP contribution in [0.1, 0.15) is 72.9 Å². The van der Waals surface area contributed by atoms with Crippen molar-refractivity contribution in [3.63, 3.8) is 0 Å². The zero-order valence-corrected chi connectivity index (χ0v) is 36.6. The predicted octanol–water partition coefficient (Wildman–Crippen LogP) is 12.4. The van der Waals surface area contributed by atoms with E-state index in [0.717, 1.165) is 33.3 Å². The van der Waals surface area contributed by atoms with Gasteiger partial charge in [-0.05, 0) is 114 Å². The van der Waals surface area contributed by atoms with Crippen LogP contribution in [0.15, 0.2) is 138 Å². The molecular weight excluding hydrogens is 735 g/mol. The first kappa shape index (κ1) is 36.1. The number of para-hydroxylation sites is 3. The van der Waals surface area contributed by atoms with Crippen LogP contribution in [0.25, 0.3) is 72.4 Å². The van der Waals surface area contributed by atoms with Crippen LogP contribution in [-0.2, 0) is 5.66 Å². The number of aryl methyl sites for hydroxylation is 2. The summed E-state index contributed by atoms with van der Waals surface area (Å²) >= 11 is 0. The van der Waals surface area contributed by atoms with Crippen LogP contribution in [0.5, 0.6) is 0 Å². The fourth-order valence-electron chi connectivity index (χ4n) is 10.7. The summed E-state index contributed by atoms with van der Waals surface area (Å²) in [6, 6.07) is 47.7. The number of benzene rings is 6. The third kappa shape index (κ3) is 4.82. The third-order valence-electron chi connectivity index (χ3n) is 13.3. The summed E-state index contributed by atoms with van der Waals surface area (Å²) in [7, 11) is -1.84. The molecule has 0 N–H and O–H groups in total. The average Bonchev–Trinajstić information content (AvgIpc) is 3.93. The summed E-state index contributed by atoms with van der Waals surface area (Å²) in [4.78, 5) is 0. The lowest BCUT2D eigenvalue weighted by molar-refractivity contribution is -0.944. The van der Waals surface area contributed by atoms with Gasteiger partial charge in [0.1, 0.15) is 16.8 Å². The molecule has 5 heteroatoms. The molecule has 0 amide bonds. The van der Waals surface area contributed by atoms with E-state index in [1.54, 1.807) is 0 Å². The summed E-state index contributed by atoms with van der Waals surface area (Å²) < 4.78 is 15.1. The van der Waals surface area contributed by atoms with Crippen LogP contribution in [0.4, 0.5) is 0 Å². The van der Waals surface area contributed by atoms with Crippen molar-refractivity contribution in [3.8, 4) is 39.5 Å². The van der Waals surface area contributed by atoms with Crippen LogP contribution in [0.3, 0.4) is 0 Å². The molecule has 1 unspecified atom stereocenters. The molecule has 290 valence electrons. The maximum atomic E-state index is 7.12. The van der Waals surface area contributed by atoms with E-state index < -0.39 is 13.7 Å². The summed E-state index contributed by atoms with van der Waals surface area (Å²) in [6.07, 6.45) is 2.58. The summed E-state index contributed by atoms with van der Waals surface area (Å²) in [5, 5.41) is 3.80. The lowest BCUT2D eigenvalue weighted by Crippen LogP contribution is -2.72. The van der Waals surface area contributed by atoms with Gasteiger partial charge in [-0.25, -0.2) is 0 Å². The van der Waals surface area contributed by atoms with Gasteiger partial charge in [-0.15, -0.1) is 9.13 Å². The molecule has 0 saturated carbocycles. The fourth-order valence-corrected chi connectivity index (χ4v) is 12.4. The minimum atomic E-state index is -1.84. The molecule has 6 aromatic carbocycles. The van der Waals surface area contributed by atoms with Crippen molar-refractivity contribution in [2.45, 2.75) is 78.7 Å². The Hall–Kier alpha value is -6.04. The van der Waals surface area contributed by atoms with Gasteiger partial charge < -0.3 is 4.42 Å². The Kier molecular flexibility index (Phi) is 7.63. The van der Waals surface area contributed by atoms with Gasteiger partial charge in [0.25, 0.3) is 0 Å². The Morgan fingerprint density at radius 1 is 0.661 bits per heavy atom. The summed E-state index contributed by atoms with van der Waals surface area (Å²) in [6.45, 7) is 21.4. The van der Waals surface area contributed by atoms with Gasteiger partial charge in [-0.2, -0.15) is 4.57 Å². The van der Waals surface area contributed by atoms with Crippen molar-refractivity contribution >= 4 is 46.2 Å². The van der Waals surface area contributed by atoms with Crippen molar-refractivity contribution in [1.29, 1.82) is 0 Å². The van der Waals surface area contributed by atoms with Crippen molar-refractivity contribution in [3.05, 3.63) is 167 Å². The van der Waals surface area contributed by atoms with E-state index in [0.29, 0.717) is 11.8 Å². The van der Waals surface area contributed by atoms with Crippen LogP contribution in [0.2, 0.25) is 19.6 Å². The van der Waals surface area contributed by atoms with Crippen molar-refractivity contribution in [2.24, 2.45) is 0 Å². The van der Waals surface area contributed by atoms with Gasteiger partial charge >= 0.3 is 11.5 Å². The molecule has 59 heavy (non-hydrogen) atoms. The topological polar surface area (TPSA) is 25.8 Å². The average molecular weight is 786 g/mol. The molecule has 4 nitrogen and oxygen atoms in total. The Morgan fingerprint density at radius 2 is 1.37 bits per heavy atom. The number of hydrogen-bond acceptors (Lipinski definition) is 1. The van der Waals surface area contributed by atoms with E-state index in [1.165, 1.54) is 77.7 Å². The fraction of sp³-hybridized carbons (Fsp3) is 0.222. The highest BCUT2D eigenvalue weighted by Crippen LogP contribution is 2.53. The Bertz CT molecular complexity index is 3210. The number of nitrogens with zero attached hydrogens (tertiary/aromatic N) is 3. The molecule has 2 aliphatic heterocycles. The number of imidazole rings is 1. The van der Waals surface area contributed by atoms with E-state index in [2.05, 4.69) is 208 Å². The predicted molar refractivity (Wildman–Crippen MR) is 246 cm³/mol. The Balaban J connectivity index is 1.37. The van der Waals surface area contributed by atoms with Crippen molar-refractivity contribution in [1.82, 2.24) is 4.57 Å². The quantitative estimate of drug-likeness (QED) is 0.126. The van der Waals surface area contributed by atoms with Gasteiger partial charge in [0.05, 0.1) is 24.8 Å². The number of furan rings is 1. The van der Waals surface area contributed by atoms with Crippen LogP contribution in [-0.4, -0.2) is 12.6 Å². The number of hydrogen-bond donors (Lipinski definition) is 0. The van der Waals surface area contributed by atoms with E-state index >= 15 is 0 Å². The molecule has 11 rings (SSSR count). The molecule has 1 spiro atoms. The van der Waals surface area contributed by atoms with E-state index in [9.17, 15) is 0 Å². The second-order valence-electron chi connectivity index (χ2n) is 18.7. The number of aromatic nitrogens is 3. The smallest absolute Gasteiger partial charge is 0.364 e. The molecule has 0 saturated heterocycles. The molecule has 3 aromatic heterocycles. The molecular formula is C54H51N3OSi+2. The minimum absolute atomic E-state index is 0.368. The van der Waals surface area contributed by atoms with Gasteiger partial charge in [0, 0.05) is 22.0 Å². The molecule has 5 heterocycles. The standard InChI is InChI=1S/C54H51N3OSi/c1-32(2)37-23-24-41-44(29-37)54(55-31-49(59(7,8)9)42(33(3)4)30-47(41)55)43-26-25-40-39-19-13-16-22-48(39)58-52(40)50(43)53-56(45-20-14-15-21-46(45)57(53)54)51-34(5)27-38(28-35(51)6)36-17-11-10-12-18-36/h10-33H,1-9H3/q+2. The molecule has 0 aliphatic carbocycles. The van der Waals surface area contributed by atoms with Crippen LogP contribution >= 0.6 is 0 Å². The monoisotopic (exact) mass is 785 g/mol. The summed E-state index contributed by atoms with van der Waals surface area (Å²) in [5.41, 5.74) is 18.7. The van der Waals surface area contributed by atoms with E-state index in [4.69, 9.17) is 4.42 Å². The van der Waals surface area contributed by atoms with Crippen LogP contribution < -0.4 is 14.3 Å². The van der Waals surface area contributed by atoms with Gasteiger partial charge in [-0.3, -0.25) is 0 Å². The number of pyridine rings is 1. The zero-order chi connectivity index (χ0) is 40.7. The lowest BCUT2D eigenvalue weighted by atomic mass is 9.86. The second-order valence-corrected chi connectivity index (χ2v) is 23.7. The second kappa shape index (κ2) is 12.5. The van der Waals surface area contributed by atoms with Crippen molar-refractivity contribution in [2.75, 3.05) is 0 Å². The molecule has 0 bridgehead atoms. The van der Waals surface area contributed by atoms with Crippen LogP contribution in [0, 0.1) is 13.8 Å². The SMILES string of the molecule is Cc1cc(-c2ccccc2)cc(C)c1-n1c2[n+](c3ccccc31)C1(c3cc(C(C)C)ccc3-c3cc(C(C)C)c([Si](C)(C)C)c[n+]31)c1ccc3c(oc4ccccc43)c1-2. The normalized spacial score (nSPS) is 15.6. The van der Waals surface area contributed by atoms with Crippen molar-refractivity contribution < 1.29 is 13.6 Å². The number of rotatable bonds is 5. The van der Waals surface area contributed by atoms with E-state index in [1.807, 2.05) is 0 Å².